The van der Waals surface area contributed by atoms with E-state index in [1.54, 1.807) is 23.9 Å². The number of thiazole rings is 1. The summed E-state index contributed by atoms with van der Waals surface area (Å²) in [5.74, 6) is 0.926. The predicted molar refractivity (Wildman–Crippen MR) is 104 cm³/mol. The van der Waals surface area contributed by atoms with E-state index in [1.165, 1.54) is 47.7 Å². The molecule has 4 nitrogen and oxygen atoms in total. The maximum Gasteiger partial charge on any atom is 0.264 e. The molecule has 140 valence electrons. The van der Waals surface area contributed by atoms with E-state index in [2.05, 4.69) is 10.3 Å². The number of nitrogens with one attached hydrogen (secondary N) is 1. The molecule has 0 fully saturated rings. The number of aromatic nitrogens is 1. The Morgan fingerprint density at radius 3 is 2.41 bits per heavy atom. The number of hydrogen-bond donors (Lipinski definition) is 1. The SMILES string of the molecule is O=C(COc1ccc(F)cc1)Nc1nc(CSCc2ccc(F)cc2)cs1. The molecule has 0 atom stereocenters. The number of hydrogen-bond acceptors (Lipinski definition) is 5. The van der Waals surface area contributed by atoms with Crippen LogP contribution >= 0.6 is 23.1 Å². The smallest absolute Gasteiger partial charge is 0.264 e. The topological polar surface area (TPSA) is 51.2 Å². The summed E-state index contributed by atoms with van der Waals surface area (Å²) in [6, 6.07) is 11.9. The van der Waals surface area contributed by atoms with Gasteiger partial charge in [0.2, 0.25) is 0 Å². The summed E-state index contributed by atoms with van der Waals surface area (Å²) in [7, 11) is 0. The minimum Gasteiger partial charge on any atom is -0.484 e. The van der Waals surface area contributed by atoms with Gasteiger partial charge in [-0.3, -0.25) is 10.1 Å². The number of halogens is 2. The highest BCUT2D eigenvalue weighted by molar-refractivity contribution is 7.97. The summed E-state index contributed by atoms with van der Waals surface area (Å²) in [6.07, 6.45) is 0. The van der Waals surface area contributed by atoms with Crippen LogP contribution in [0.25, 0.3) is 0 Å². The number of benzene rings is 2. The number of amides is 1. The first kappa shape index (κ1) is 19.3. The Kier molecular flexibility index (Phi) is 6.78. The number of carbonyl (C=O) groups is 1. The molecule has 8 heteroatoms. The summed E-state index contributed by atoms with van der Waals surface area (Å²) in [4.78, 5) is 16.3. The van der Waals surface area contributed by atoms with Crippen molar-refractivity contribution < 1.29 is 18.3 Å². The van der Waals surface area contributed by atoms with Gasteiger partial charge in [-0.25, -0.2) is 13.8 Å². The molecular weight excluding hydrogens is 390 g/mol. The standard InChI is InChI=1S/C19H16F2N2O2S2/c20-14-3-1-13(2-4-14)10-26-11-16-12-27-19(22-16)23-18(24)9-25-17-7-5-15(21)6-8-17/h1-8,12H,9-11H2,(H,22,23,24). The van der Waals surface area contributed by atoms with Gasteiger partial charge in [-0.1, -0.05) is 12.1 Å². The van der Waals surface area contributed by atoms with Gasteiger partial charge in [0.15, 0.2) is 11.7 Å². The molecular formula is C19H16F2N2O2S2. The quantitative estimate of drug-likeness (QED) is 0.580. The Hall–Kier alpha value is -2.45. The first-order valence-corrected chi connectivity index (χ1v) is 10.1. The molecule has 0 saturated heterocycles. The van der Waals surface area contributed by atoms with Gasteiger partial charge in [0.05, 0.1) is 5.69 Å². The van der Waals surface area contributed by atoms with E-state index in [-0.39, 0.29) is 24.1 Å². The average Bonchev–Trinajstić information content (AvgIpc) is 3.10. The lowest BCUT2D eigenvalue weighted by Crippen LogP contribution is -2.20. The maximum absolute atomic E-state index is 12.9. The second kappa shape index (κ2) is 9.48. The molecule has 1 aromatic heterocycles. The molecule has 27 heavy (non-hydrogen) atoms. The van der Waals surface area contributed by atoms with Gasteiger partial charge in [-0.15, -0.1) is 11.3 Å². The summed E-state index contributed by atoms with van der Waals surface area (Å²) < 4.78 is 31.0. The van der Waals surface area contributed by atoms with Crippen LogP contribution in [0.3, 0.4) is 0 Å². The summed E-state index contributed by atoms with van der Waals surface area (Å²) in [5.41, 5.74) is 1.91. The molecule has 0 aliphatic heterocycles. The third kappa shape index (κ3) is 6.33. The van der Waals surface area contributed by atoms with E-state index in [0.29, 0.717) is 16.6 Å². The zero-order valence-electron chi connectivity index (χ0n) is 14.2. The monoisotopic (exact) mass is 406 g/mol. The second-order valence-electron chi connectivity index (χ2n) is 5.55. The second-order valence-corrected chi connectivity index (χ2v) is 7.40. The van der Waals surface area contributed by atoms with Crippen molar-refractivity contribution in [2.24, 2.45) is 0 Å². The van der Waals surface area contributed by atoms with E-state index in [1.807, 2.05) is 5.38 Å². The molecule has 1 N–H and O–H groups in total. The molecule has 0 aliphatic rings. The molecule has 0 unspecified atom stereocenters. The third-order valence-corrected chi connectivity index (χ3v) is 5.26. The van der Waals surface area contributed by atoms with E-state index in [4.69, 9.17) is 4.74 Å². The maximum atomic E-state index is 12.9. The first-order chi connectivity index (χ1) is 13.1. The summed E-state index contributed by atoms with van der Waals surface area (Å²) in [6.45, 7) is -0.181. The van der Waals surface area contributed by atoms with Crippen molar-refractivity contribution in [2.75, 3.05) is 11.9 Å². The molecule has 3 aromatic rings. The van der Waals surface area contributed by atoms with Crippen molar-refractivity contribution >= 4 is 34.1 Å². The Balaban J connectivity index is 1.41. The first-order valence-electron chi connectivity index (χ1n) is 8.03. The van der Waals surface area contributed by atoms with Crippen LogP contribution in [0.5, 0.6) is 5.75 Å². The molecule has 0 spiro atoms. The van der Waals surface area contributed by atoms with Crippen molar-refractivity contribution in [1.29, 1.82) is 0 Å². The number of ether oxygens (including phenoxy) is 1. The Bertz CT molecular complexity index is 883. The molecule has 3 rings (SSSR count). The van der Waals surface area contributed by atoms with Crippen LogP contribution in [-0.2, 0) is 16.3 Å². The summed E-state index contributed by atoms with van der Waals surface area (Å²) in [5, 5.41) is 5.06. The van der Waals surface area contributed by atoms with Crippen LogP contribution in [0.1, 0.15) is 11.3 Å². The molecule has 0 aliphatic carbocycles. The Labute approximate surface area is 163 Å². The fourth-order valence-electron chi connectivity index (χ4n) is 2.12. The van der Waals surface area contributed by atoms with Gasteiger partial charge in [-0.05, 0) is 42.0 Å². The van der Waals surface area contributed by atoms with E-state index in [9.17, 15) is 13.6 Å². The highest BCUT2D eigenvalue weighted by Gasteiger charge is 2.08. The van der Waals surface area contributed by atoms with Gasteiger partial charge in [0.25, 0.3) is 5.91 Å². The fraction of sp³-hybridized carbons (Fsp3) is 0.158. The molecule has 0 radical (unpaired) electrons. The largest absolute Gasteiger partial charge is 0.484 e. The zero-order chi connectivity index (χ0) is 19.1. The van der Waals surface area contributed by atoms with Crippen LogP contribution in [0.2, 0.25) is 0 Å². The van der Waals surface area contributed by atoms with Crippen molar-refractivity contribution in [3.63, 3.8) is 0 Å². The van der Waals surface area contributed by atoms with Crippen LogP contribution in [0.15, 0.2) is 53.9 Å². The zero-order valence-corrected chi connectivity index (χ0v) is 15.8. The Morgan fingerprint density at radius 1 is 1.04 bits per heavy atom. The molecule has 0 saturated carbocycles. The molecule has 1 heterocycles. The highest BCUT2D eigenvalue weighted by atomic mass is 32.2. The third-order valence-electron chi connectivity index (χ3n) is 3.41. The number of anilines is 1. The normalized spacial score (nSPS) is 10.6. The lowest BCUT2D eigenvalue weighted by atomic mass is 10.2. The van der Waals surface area contributed by atoms with Gasteiger partial charge >= 0.3 is 0 Å². The number of carbonyl (C=O) groups excluding carboxylic acids is 1. The van der Waals surface area contributed by atoms with Gasteiger partial charge in [0.1, 0.15) is 17.4 Å². The summed E-state index contributed by atoms with van der Waals surface area (Å²) >= 11 is 3.00. The minimum atomic E-state index is -0.362. The van der Waals surface area contributed by atoms with Crippen molar-refractivity contribution in [1.82, 2.24) is 4.98 Å². The van der Waals surface area contributed by atoms with Crippen molar-refractivity contribution in [2.45, 2.75) is 11.5 Å². The minimum absolute atomic E-state index is 0.181. The number of thioether (sulfide) groups is 1. The average molecular weight is 406 g/mol. The fourth-order valence-corrected chi connectivity index (χ4v) is 3.84. The lowest BCUT2D eigenvalue weighted by molar-refractivity contribution is -0.118. The van der Waals surface area contributed by atoms with Crippen molar-refractivity contribution in [3.05, 3.63) is 76.8 Å². The van der Waals surface area contributed by atoms with Crippen LogP contribution in [0.4, 0.5) is 13.9 Å². The van der Waals surface area contributed by atoms with Crippen LogP contribution < -0.4 is 10.1 Å². The van der Waals surface area contributed by atoms with E-state index < -0.39 is 0 Å². The molecule has 0 bridgehead atoms. The number of nitrogens with zero attached hydrogens (tertiary/aromatic N) is 1. The van der Waals surface area contributed by atoms with Crippen LogP contribution in [0, 0.1) is 11.6 Å². The van der Waals surface area contributed by atoms with E-state index >= 15 is 0 Å². The lowest BCUT2D eigenvalue weighted by Gasteiger charge is -2.05. The molecule has 2 aromatic carbocycles. The van der Waals surface area contributed by atoms with Gasteiger partial charge in [-0.2, -0.15) is 11.8 Å². The van der Waals surface area contributed by atoms with Crippen molar-refractivity contribution in [3.8, 4) is 5.75 Å². The number of rotatable bonds is 8. The van der Waals surface area contributed by atoms with E-state index in [0.717, 1.165) is 17.0 Å². The predicted octanol–water partition coefficient (Wildman–Crippen LogP) is 4.87. The van der Waals surface area contributed by atoms with Gasteiger partial charge < -0.3 is 4.74 Å². The Morgan fingerprint density at radius 2 is 1.70 bits per heavy atom. The highest BCUT2D eigenvalue weighted by Crippen LogP contribution is 2.22. The van der Waals surface area contributed by atoms with Gasteiger partial charge in [0, 0.05) is 16.9 Å². The van der Waals surface area contributed by atoms with Crippen LogP contribution in [-0.4, -0.2) is 17.5 Å². The molecule has 1 amide bonds.